The lowest BCUT2D eigenvalue weighted by atomic mass is 9.88. The Labute approximate surface area is 312 Å². The molecule has 0 saturated carbocycles. The van der Waals surface area contributed by atoms with Crippen LogP contribution in [0.2, 0.25) is 0 Å². The lowest BCUT2D eigenvalue weighted by Crippen LogP contribution is -2.11. The maximum atomic E-state index is 6.28. The van der Waals surface area contributed by atoms with E-state index >= 15 is 0 Å². The molecule has 0 amide bonds. The van der Waals surface area contributed by atoms with Crippen molar-refractivity contribution in [1.82, 2.24) is 0 Å². The van der Waals surface area contributed by atoms with Crippen LogP contribution in [0, 0.1) is 0 Å². The molecule has 11 aromatic rings. The topological polar surface area (TPSA) is 16.4 Å². The molecule has 2 heteroatoms. The zero-order chi connectivity index (χ0) is 35.6. The molecule has 0 bridgehead atoms. The van der Waals surface area contributed by atoms with E-state index < -0.39 is 0 Å². The minimum Gasteiger partial charge on any atom is -0.456 e. The number of para-hydroxylation sites is 2. The Bertz CT molecular complexity index is 3210. The third kappa shape index (κ3) is 4.81. The summed E-state index contributed by atoms with van der Waals surface area (Å²) in [5.41, 5.74) is 9.78. The number of hydrogen-bond acceptors (Lipinski definition) is 2. The number of benzene rings is 10. The zero-order valence-corrected chi connectivity index (χ0v) is 29.4. The lowest BCUT2D eigenvalue weighted by Gasteiger charge is -2.28. The zero-order valence-electron chi connectivity index (χ0n) is 29.4. The molecule has 11 rings (SSSR count). The first-order valence-corrected chi connectivity index (χ1v) is 18.5. The van der Waals surface area contributed by atoms with Gasteiger partial charge >= 0.3 is 0 Å². The second kappa shape index (κ2) is 12.2. The Kier molecular flexibility index (Phi) is 6.90. The summed E-state index contributed by atoms with van der Waals surface area (Å²) in [6.45, 7) is 0. The molecule has 54 heavy (non-hydrogen) atoms. The second-order valence-electron chi connectivity index (χ2n) is 14.1. The molecule has 0 fully saturated rings. The van der Waals surface area contributed by atoms with Crippen molar-refractivity contribution in [3.05, 3.63) is 200 Å². The number of hydrogen-bond donors (Lipinski definition) is 0. The summed E-state index contributed by atoms with van der Waals surface area (Å²) >= 11 is 0. The molecule has 1 heterocycles. The van der Waals surface area contributed by atoms with Crippen molar-refractivity contribution in [1.29, 1.82) is 0 Å². The van der Waals surface area contributed by atoms with E-state index in [9.17, 15) is 0 Å². The van der Waals surface area contributed by atoms with Gasteiger partial charge in [-0.15, -0.1) is 0 Å². The van der Waals surface area contributed by atoms with Crippen molar-refractivity contribution in [2.75, 3.05) is 4.90 Å². The third-order valence-electron chi connectivity index (χ3n) is 11.0. The monoisotopic (exact) mass is 687 g/mol. The highest BCUT2D eigenvalue weighted by atomic mass is 16.3. The van der Waals surface area contributed by atoms with E-state index in [2.05, 4.69) is 193 Å². The standard InChI is InChI=1S/C52H33NO/c1-2-12-34(13-3-1)35-26-28-39(29-27-35)53(40-30-31-50-47(33-40)44-18-9-11-21-49(44)54-50)48-20-10-8-17-43(48)46-32-38-25-24-37-23-22-36-14-4-5-15-41(36)51(37)52(38)45-19-7-6-16-42(45)46/h1-33H. The molecule has 0 unspecified atom stereocenters. The molecule has 1 aromatic heterocycles. The highest BCUT2D eigenvalue weighted by Crippen LogP contribution is 2.47. The van der Waals surface area contributed by atoms with Crippen molar-refractivity contribution >= 4 is 82.1 Å². The molecule has 0 aliphatic carbocycles. The highest BCUT2D eigenvalue weighted by molar-refractivity contribution is 6.29. The van der Waals surface area contributed by atoms with E-state index in [0.717, 1.165) is 44.6 Å². The van der Waals surface area contributed by atoms with Crippen LogP contribution < -0.4 is 4.90 Å². The summed E-state index contributed by atoms with van der Waals surface area (Å²) in [6.07, 6.45) is 0. The first-order chi connectivity index (χ1) is 26.8. The van der Waals surface area contributed by atoms with E-state index in [1.807, 2.05) is 12.1 Å². The molecule has 0 N–H and O–H groups in total. The smallest absolute Gasteiger partial charge is 0.135 e. The van der Waals surface area contributed by atoms with E-state index in [4.69, 9.17) is 4.42 Å². The largest absolute Gasteiger partial charge is 0.456 e. The van der Waals surface area contributed by atoms with Gasteiger partial charge in [-0.3, -0.25) is 0 Å². The molecular formula is C52H33NO. The molecule has 0 aliphatic heterocycles. The van der Waals surface area contributed by atoms with Crippen molar-refractivity contribution in [2.24, 2.45) is 0 Å². The predicted octanol–water partition coefficient (Wildman–Crippen LogP) is 15.0. The minimum absolute atomic E-state index is 0.882. The molecule has 0 radical (unpaired) electrons. The van der Waals surface area contributed by atoms with Gasteiger partial charge in [0, 0.05) is 27.7 Å². The predicted molar refractivity (Wildman–Crippen MR) is 229 cm³/mol. The summed E-state index contributed by atoms with van der Waals surface area (Å²) in [4.78, 5) is 2.40. The number of fused-ring (bicyclic) bond motifs is 10. The van der Waals surface area contributed by atoms with Crippen LogP contribution in [-0.4, -0.2) is 0 Å². The molecule has 0 saturated heterocycles. The van der Waals surface area contributed by atoms with Crippen LogP contribution in [0.3, 0.4) is 0 Å². The maximum absolute atomic E-state index is 6.28. The Hall–Kier alpha value is -7.16. The summed E-state index contributed by atoms with van der Waals surface area (Å²) in [5.74, 6) is 0. The fourth-order valence-electron chi connectivity index (χ4n) is 8.53. The average Bonchev–Trinajstić information content (AvgIpc) is 3.62. The van der Waals surface area contributed by atoms with Gasteiger partial charge in [-0.05, 0) is 108 Å². The summed E-state index contributed by atoms with van der Waals surface area (Å²) < 4.78 is 6.28. The lowest BCUT2D eigenvalue weighted by molar-refractivity contribution is 0.669. The van der Waals surface area contributed by atoms with Gasteiger partial charge in [-0.1, -0.05) is 152 Å². The van der Waals surface area contributed by atoms with Crippen molar-refractivity contribution < 1.29 is 4.42 Å². The number of furan rings is 1. The van der Waals surface area contributed by atoms with Gasteiger partial charge in [0.15, 0.2) is 0 Å². The van der Waals surface area contributed by atoms with Gasteiger partial charge in [0.05, 0.1) is 5.69 Å². The van der Waals surface area contributed by atoms with Gasteiger partial charge in [0.25, 0.3) is 0 Å². The van der Waals surface area contributed by atoms with Crippen molar-refractivity contribution in [2.45, 2.75) is 0 Å². The van der Waals surface area contributed by atoms with Crippen LogP contribution in [0.1, 0.15) is 0 Å². The summed E-state index contributed by atoms with van der Waals surface area (Å²) in [5, 5.41) is 12.3. The van der Waals surface area contributed by atoms with Gasteiger partial charge in [0.1, 0.15) is 11.2 Å². The fourth-order valence-corrected chi connectivity index (χ4v) is 8.53. The second-order valence-corrected chi connectivity index (χ2v) is 14.1. The van der Waals surface area contributed by atoms with Crippen molar-refractivity contribution in [3.63, 3.8) is 0 Å². The molecule has 2 nitrogen and oxygen atoms in total. The summed E-state index contributed by atoms with van der Waals surface area (Å²) in [7, 11) is 0. The fraction of sp³-hybridized carbons (Fsp3) is 0. The van der Waals surface area contributed by atoms with E-state index in [-0.39, 0.29) is 0 Å². The van der Waals surface area contributed by atoms with Gasteiger partial charge in [-0.2, -0.15) is 0 Å². The van der Waals surface area contributed by atoms with E-state index in [1.165, 1.54) is 59.8 Å². The van der Waals surface area contributed by atoms with Crippen LogP contribution in [0.15, 0.2) is 205 Å². The first-order valence-electron chi connectivity index (χ1n) is 18.5. The highest BCUT2D eigenvalue weighted by Gasteiger charge is 2.21. The Morgan fingerprint density at radius 3 is 1.76 bits per heavy atom. The van der Waals surface area contributed by atoms with Gasteiger partial charge in [0.2, 0.25) is 0 Å². The number of anilines is 3. The van der Waals surface area contributed by atoms with Crippen LogP contribution in [0.4, 0.5) is 17.1 Å². The SMILES string of the molecule is c1ccc(-c2ccc(N(c3ccc4oc5ccccc5c4c3)c3ccccc3-c3cc4ccc5ccc6ccccc6c5c4c4ccccc34)cc2)cc1. The van der Waals surface area contributed by atoms with Gasteiger partial charge < -0.3 is 9.32 Å². The molecule has 10 aromatic carbocycles. The third-order valence-corrected chi connectivity index (χ3v) is 11.0. The number of nitrogens with zero attached hydrogens (tertiary/aromatic N) is 1. The molecular weight excluding hydrogens is 655 g/mol. The molecule has 0 spiro atoms. The summed E-state index contributed by atoms with van der Waals surface area (Å²) in [6, 6.07) is 72.4. The van der Waals surface area contributed by atoms with Crippen LogP contribution in [0.25, 0.3) is 87.3 Å². The normalized spacial score (nSPS) is 11.7. The number of rotatable bonds is 5. The average molecular weight is 688 g/mol. The minimum atomic E-state index is 0.882. The van der Waals surface area contributed by atoms with Gasteiger partial charge in [-0.25, -0.2) is 0 Å². The Morgan fingerprint density at radius 1 is 0.315 bits per heavy atom. The molecule has 252 valence electrons. The molecule has 0 aliphatic rings. The Balaban J connectivity index is 1.17. The quantitative estimate of drug-likeness (QED) is 0.168. The van der Waals surface area contributed by atoms with Crippen molar-refractivity contribution in [3.8, 4) is 22.3 Å². The molecule has 0 atom stereocenters. The van der Waals surface area contributed by atoms with E-state index in [1.54, 1.807) is 0 Å². The Morgan fingerprint density at radius 2 is 0.907 bits per heavy atom. The first kappa shape index (κ1) is 30.5. The maximum Gasteiger partial charge on any atom is 0.135 e. The van der Waals surface area contributed by atoms with Crippen LogP contribution in [-0.2, 0) is 0 Å². The van der Waals surface area contributed by atoms with Crippen LogP contribution in [0.5, 0.6) is 0 Å². The van der Waals surface area contributed by atoms with Crippen LogP contribution >= 0.6 is 0 Å². The van der Waals surface area contributed by atoms with E-state index in [0.29, 0.717) is 0 Å².